The van der Waals surface area contributed by atoms with Crippen molar-refractivity contribution < 1.29 is 14.4 Å². The van der Waals surface area contributed by atoms with Crippen LogP contribution >= 0.6 is 0 Å². The van der Waals surface area contributed by atoms with Crippen molar-refractivity contribution >= 4 is 0 Å². The van der Waals surface area contributed by atoms with E-state index in [1.807, 2.05) is 24.3 Å². The number of hydrogen-bond donors (Lipinski definition) is 2. The largest absolute Gasteiger partial charge is 0.497 e. The Hall–Kier alpha value is -1.92. The molecule has 0 unspecified atom stereocenters. The minimum absolute atomic E-state index is 0.0677. The number of aromatic nitrogens is 2. The van der Waals surface area contributed by atoms with Crippen LogP contribution in [0.4, 0.5) is 0 Å². The first-order valence-electron chi connectivity index (χ1n) is 6.16. The summed E-state index contributed by atoms with van der Waals surface area (Å²) in [5, 5.41) is 16.6. The van der Waals surface area contributed by atoms with Crippen molar-refractivity contribution in [2.24, 2.45) is 0 Å². The highest BCUT2D eigenvalue weighted by Gasteiger charge is 2.28. The number of hydrogen-bond acceptors (Lipinski definition) is 6. The molecule has 6 nitrogen and oxygen atoms in total. The zero-order chi connectivity index (χ0) is 13.2. The number of nitrogens with one attached hydrogen (secondary N) is 1. The molecular weight excluding hydrogens is 246 g/mol. The maximum Gasteiger partial charge on any atom is 0.244 e. The molecular formula is C13H15N3O3. The van der Waals surface area contributed by atoms with Crippen LogP contribution in [-0.4, -0.2) is 35.0 Å². The third-order valence-electron chi connectivity index (χ3n) is 3.18. The van der Waals surface area contributed by atoms with Crippen LogP contribution in [0.15, 0.2) is 28.8 Å². The number of ether oxygens (including phenoxy) is 1. The van der Waals surface area contributed by atoms with Gasteiger partial charge in [-0.3, -0.25) is 0 Å². The van der Waals surface area contributed by atoms with Gasteiger partial charge in [0.15, 0.2) is 0 Å². The van der Waals surface area contributed by atoms with E-state index in [1.54, 1.807) is 7.11 Å². The monoisotopic (exact) mass is 261 g/mol. The molecule has 1 saturated heterocycles. The summed E-state index contributed by atoms with van der Waals surface area (Å²) < 4.78 is 10.4. The van der Waals surface area contributed by atoms with E-state index in [0.29, 0.717) is 24.7 Å². The number of rotatable bonds is 3. The van der Waals surface area contributed by atoms with Gasteiger partial charge in [0.25, 0.3) is 0 Å². The molecule has 2 aromatic rings. The summed E-state index contributed by atoms with van der Waals surface area (Å²) in [6.07, 6.45) is 0.247. The average molecular weight is 261 g/mol. The third kappa shape index (κ3) is 2.45. The molecule has 2 N–H and O–H groups in total. The fourth-order valence-corrected chi connectivity index (χ4v) is 2.16. The molecule has 1 aliphatic heterocycles. The fourth-order valence-electron chi connectivity index (χ4n) is 2.16. The van der Waals surface area contributed by atoms with Crippen molar-refractivity contribution in [1.82, 2.24) is 15.5 Å². The second kappa shape index (κ2) is 4.99. The van der Waals surface area contributed by atoms with Crippen molar-refractivity contribution in [3.63, 3.8) is 0 Å². The predicted molar refractivity (Wildman–Crippen MR) is 67.7 cm³/mol. The van der Waals surface area contributed by atoms with Gasteiger partial charge in [-0.1, -0.05) is 17.3 Å². The Morgan fingerprint density at radius 2 is 2.37 bits per heavy atom. The molecule has 3 rings (SSSR count). The molecule has 0 aliphatic carbocycles. The first kappa shape index (κ1) is 12.1. The maximum absolute atomic E-state index is 9.48. The van der Waals surface area contributed by atoms with Crippen molar-refractivity contribution in [1.29, 1.82) is 0 Å². The summed E-state index contributed by atoms with van der Waals surface area (Å²) in [4.78, 5) is 4.37. The zero-order valence-electron chi connectivity index (χ0n) is 10.5. The second-order valence-electron chi connectivity index (χ2n) is 4.54. The molecule has 0 radical (unpaired) electrons. The smallest absolute Gasteiger partial charge is 0.244 e. The fraction of sp³-hybridized carbons (Fsp3) is 0.385. The SMILES string of the molecule is COc1cccc(-c2noc([C@@H]3C[C@H](O)CN3)n2)c1. The van der Waals surface area contributed by atoms with E-state index in [-0.39, 0.29) is 12.1 Å². The molecule has 2 atom stereocenters. The molecule has 0 spiro atoms. The number of benzene rings is 1. The lowest BCUT2D eigenvalue weighted by Crippen LogP contribution is -2.15. The summed E-state index contributed by atoms with van der Waals surface area (Å²) in [6, 6.07) is 7.42. The number of aliphatic hydroxyl groups is 1. The molecule has 0 amide bonds. The van der Waals surface area contributed by atoms with Crippen LogP contribution in [0.25, 0.3) is 11.4 Å². The van der Waals surface area contributed by atoms with Gasteiger partial charge >= 0.3 is 0 Å². The topological polar surface area (TPSA) is 80.4 Å². The van der Waals surface area contributed by atoms with Gasteiger partial charge < -0.3 is 19.7 Å². The molecule has 1 aromatic carbocycles. The summed E-state index contributed by atoms with van der Waals surface area (Å²) in [5.74, 6) is 1.78. The quantitative estimate of drug-likeness (QED) is 0.862. The standard InChI is InChI=1S/C13H15N3O3/c1-18-10-4-2-3-8(5-10)12-15-13(19-16-12)11-6-9(17)7-14-11/h2-5,9,11,14,17H,6-7H2,1H3/t9-,11-/m0/s1. The number of aliphatic hydroxyl groups excluding tert-OH is 1. The third-order valence-corrected chi connectivity index (χ3v) is 3.18. The second-order valence-corrected chi connectivity index (χ2v) is 4.54. The van der Waals surface area contributed by atoms with Crippen molar-refractivity contribution in [3.05, 3.63) is 30.2 Å². The van der Waals surface area contributed by atoms with E-state index in [9.17, 15) is 5.11 Å². The molecule has 1 fully saturated rings. The lowest BCUT2D eigenvalue weighted by molar-refractivity contribution is 0.191. The van der Waals surface area contributed by atoms with Crippen LogP contribution in [0, 0.1) is 0 Å². The molecule has 1 aliphatic rings. The van der Waals surface area contributed by atoms with Gasteiger partial charge in [0.2, 0.25) is 11.7 Å². The maximum atomic E-state index is 9.48. The van der Waals surface area contributed by atoms with Gasteiger partial charge in [0.05, 0.1) is 19.3 Å². The van der Waals surface area contributed by atoms with E-state index in [1.165, 1.54) is 0 Å². The van der Waals surface area contributed by atoms with Crippen LogP contribution in [0.3, 0.4) is 0 Å². The Kier molecular flexibility index (Phi) is 3.18. The lowest BCUT2D eigenvalue weighted by atomic mass is 10.2. The highest BCUT2D eigenvalue weighted by molar-refractivity contribution is 5.56. The van der Waals surface area contributed by atoms with Gasteiger partial charge in [0.1, 0.15) is 5.75 Å². The zero-order valence-corrected chi connectivity index (χ0v) is 10.5. The first-order chi connectivity index (χ1) is 9.26. The van der Waals surface area contributed by atoms with Gasteiger partial charge in [-0.2, -0.15) is 4.98 Å². The van der Waals surface area contributed by atoms with Crippen LogP contribution in [0.5, 0.6) is 5.75 Å². The summed E-state index contributed by atoms with van der Waals surface area (Å²) in [6.45, 7) is 0.557. The van der Waals surface area contributed by atoms with E-state index in [2.05, 4.69) is 15.5 Å². The Balaban J connectivity index is 1.84. The number of β-amino-alcohol motifs (C(OH)–C–C–N with tert-alkyl or cyclic N) is 1. The van der Waals surface area contributed by atoms with E-state index < -0.39 is 0 Å². The molecule has 100 valence electrons. The Morgan fingerprint density at radius 1 is 1.47 bits per heavy atom. The van der Waals surface area contributed by atoms with Crippen LogP contribution in [0.1, 0.15) is 18.4 Å². The van der Waals surface area contributed by atoms with Crippen LogP contribution in [-0.2, 0) is 0 Å². The minimum atomic E-state index is -0.350. The normalized spacial score (nSPS) is 22.6. The van der Waals surface area contributed by atoms with E-state index in [0.717, 1.165) is 11.3 Å². The van der Waals surface area contributed by atoms with Gasteiger partial charge in [-0.05, 0) is 18.6 Å². The van der Waals surface area contributed by atoms with Crippen molar-refractivity contribution in [2.75, 3.05) is 13.7 Å². The summed E-state index contributed by atoms with van der Waals surface area (Å²) in [5.41, 5.74) is 0.841. The Morgan fingerprint density at radius 3 is 3.11 bits per heavy atom. The van der Waals surface area contributed by atoms with Gasteiger partial charge in [0, 0.05) is 12.1 Å². The van der Waals surface area contributed by atoms with E-state index in [4.69, 9.17) is 9.26 Å². The Bertz CT molecular complexity index is 570. The summed E-state index contributed by atoms with van der Waals surface area (Å²) in [7, 11) is 1.62. The molecule has 1 aromatic heterocycles. The molecule has 19 heavy (non-hydrogen) atoms. The molecule has 6 heteroatoms. The lowest BCUT2D eigenvalue weighted by Gasteiger charge is -2.02. The van der Waals surface area contributed by atoms with Gasteiger partial charge in [-0.15, -0.1) is 0 Å². The Labute approximate surface area is 110 Å². The number of nitrogens with zero attached hydrogens (tertiary/aromatic N) is 2. The summed E-state index contributed by atoms with van der Waals surface area (Å²) >= 11 is 0. The van der Waals surface area contributed by atoms with Crippen molar-refractivity contribution in [3.8, 4) is 17.1 Å². The van der Waals surface area contributed by atoms with Gasteiger partial charge in [-0.25, -0.2) is 0 Å². The van der Waals surface area contributed by atoms with Crippen LogP contribution < -0.4 is 10.1 Å². The first-order valence-corrected chi connectivity index (χ1v) is 6.16. The minimum Gasteiger partial charge on any atom is -0.497 e. The average Bonchev–Trinajstić information content (AvgIpc) is 3.07. The highest BCUT2D eigenvalue weighted by Crippen LogP contribution is 2.26. The predicted octanol–water partition coefficient (Wildman–Crippen LogP) is 1.14. The molecule has 0 bridgehead atoms. The highest BCUT2D eigenvalue weighted by atomic mass is 16.5. The van der Waals surface area contributed by atoms with Crippen LogP contribution in [0.2, 0.25) is 0 Å². The van der Waals surface area contributed by atoms with Crippen molar-refractivity contribution in [2.45, 2.75) is 18.6 Å². The number of methoxy groups -OCH3 is 1. The van der Waals surface area contributed by atoms with E-state index >= 15 is 0 Å². The molecule has 0 saturated carbocycles. The molecule has 2 heterocycles.